The molecule has 2 aromatic rings. The summed E-state index contributed by atoms with van der Waals surface area (Å²) in [6.07, 6.45) is 0.133. The van der Waals surface area contributed by atoms with Crippen molar-refractivity contribution in [2.75, 3.05) is 6.61 Å². The van der Waals surface area contributed by atoms with Gasteiger partial charge in [-0.1, -0.05) is 6.07 Å². The van der Waals surface area contributed by atoms with Gasteiger partial charge < -0.3 is 5.11 Å². The molecule has 18 heavy (non-hydrogen) atoms. The first kappa shape index (κ1) is 13.1. The predicted molar refractivity (Wildman–Crippen MR) is 67.5 cm³/mol. The first-order valence-corrected chi connectivity index (χ1v) is 7.51. The maximum Gasteiger partial charge on any atom is 0.291 e. The van der Waals surface area contributed by atoms with Gasteiger partial charge in [-0.15, -0.1) is 11.3 Å². The van der Waals surface area contributed by atoms with Crippen molar-refractivity contribution in [3.63, 3.8) is 0 Å². The molecule has 0 fully saturated rings. The summed E-state index contributed by atoms with van der Waals surface area (Å²) in [5.41, 5.74) is 0.113. The van der Waals surface area contributed by atoms with Crippen LogP contribution in [0, 0.1) is 6.92 Å². The van der Waals surface area contributed by atoms with E-state index in [4.69, 9.17) is 5.11 Å². The Kier molecular flexibility index (Phi) is 3.42. The molecule has 8 heteroatoms. The van der Waals surface area contributed by atoms with Crippen molar-refractivity contribution in [1.29, 1.82) is 0 Å². The molecule has 0 aromatic carbocycles. The van der Waals surface area contributed by atoms with Gasteiger partial charge in [-0.25, -0.2) is 5.10 Å². The van der Waals surface area contributed by atoms with E-state index in [1.54, 1.807) is 11.4 Å². The van der Waals surface area contributed by atoms with Crippen LogP contribution in [0.3, 0.4) is 0 Å². The highest BCUT2D eigenvalue weighted by Gasteiger charge is 2.23. The molecule has 6 nitrogen and oxygen atoms in total. The summed E-state index contributed by atoms with van der Waals surface area (Å²) in [5, 5.41) is 12.8. The van der Waals surface area contributed by atoms with E-state index in [-0.39, 0.29) is 22.8 Å². The number of hydrogen-bond acceptors (Lipinski definition) is 5. The van der Waals surface area contributed by atoms with Gasteiger partial charge in [-0.05, 0) is 18.4 Å². The summed E-state index contributed by atoms with van der Waals surface area (Å²) in [4.78, 5) is 11.6. The molecular weight excluding hydrogens is 276 g/mol. The molecule has 98 valence electrons. The fourth-order valence-corrected chi connectivity index (χ4v) is 4.11. The number of hydrogen-bond donors (Lipinski definition) is 2. The Bertz CT molecular complexity index is 695. The van der Waals surface area contributed by atoms with Crippen LogP contribution in [0.15, 0.2) is 26.5 Å². The average Bonchev–Trinajstić information content (AvgIpc) is 2.93. The van der Waals surface area contributed by atoms with Crippen LogP contribution in [0.25, 0.3) is 0 Å². The number of aliphatic hydroxyl groups excluding tert-OH is 1. The molecule has 0 radical (unpaired) electrons. The number of rotatable bonds is 4. The molecule has 0 atom stereocenters. The Morgan fingerprint density at radius 3 is 2.78 bits per heavy atom. The predicted octanol–water partition coefficient (Wildman–Crippen LogP) is 0.318. The minimum atomic E-state index is -3.75. The van der Waals surface area contributed by atoms with E-state index in [9.17, 15) is 13.2 Å². The van der Waals surface area contributed by atoms with Crippen LogP contribution < -0.4 is 5.56 Å². The number of aliphatic hydroxyl groups is 1. The van der Waals surface area contributed by atoms with Crippen molar-refractivity contribution < 1.29 is 13.5 Å². The lowest BCUT2D eigenvalue weighted by Gasteiger charge is -2.05. The van der Waals surface area contributed by atoms with E-state index in [1.807, 2.05) is 0 Å². The van der Waals surface area contributed by atoms with Crippen LogP contribution in [0.2, 0.25) is 0 Å². The lowest BCUT2D eigenvalue weighted by molar-refractivity contribution is 0.299. The zero-order valence-electron chi connectivity index (χ0n) is 9.58. The fraction of sp³-hybridized carbons (Fsp3) is 0.300. The molecule has 0 aliphatic rings. The quantitative estimate of drug-likeness (QED) is 0.847. The number of aromatic amines is 1. The molecule has 2 aromatic heterocycles. The van der Waals surface area contributed by atoms with Crippen LogP contribution in [-0.2, 0) is 16.4 Å². The second kappa shape index (κ2) is 4.71. The van der Waals surface area contributed by atoms with Crippen LogP contribution in [0.4, 0.5) is 0 Å². The first-order chi connectivity index (χ1) is 8.48. The van der Waals surface area contributed by atoms with Gasteiger partial charge in [-0.3, -0.25) is 4.79 Å². The van der Waals surface area contributed by atoms with Crippen LogP contribution in [0.5, 0.6) is 0 Å². The van der Waals surface area contributed by atoms with E-state index in [2.05, 4.69) is 5.10 Å². The SMILES string of the molecule is Cc1c(CCO)c(=O)[nH]n1S(=O)(=O)c1cccs1. The molecule has 2 rings (SSSR count). The molecular formula is C10H12N2O4S2. The van der Waals surface area contributed by atoms with E-state index in [1.165, 1.54) is 13.0 Å². The van der Waals surface area contributed by atoms with Gasteiger partial charge in [0.2, 0.25) is 0 Å². The smallest absolute Gasteiger partial charge is 0.291 e. The minimum Gasteiger partial charge on any atom is -0.396 e. The number of thiophene rings is 1. The van der Waals surface area contributed by atoms with Crippen molar-refractivity contribution in [2.45, 2.75) is 17.6 Å². The van der Waals surface area contributed by atoms with Crippen LogP contribution in [-0.4, -0.2) is 29.3 Å². The van der Waals surface area contributed by atoms with Crippen molar-refractivity contribution in [3.05, 3.63) is 39.1 Å². The zero-order valence-corrected chi connectivity index (χ0v) is 11.2. The Labute approximate surface area is 108 Å². The zero-order chi connectivity index (χ0) is 13.3. The molecule has 0 amide bonds. The van der Waals surface area contributed by atoms with E-state index >= 15 is 0 Å². The highest BCUT2D eigenvalue weighted by Crippen LogP contribution is 2.20. The topological polar surface area (TPSA) is 92.2 Å². The summed E-state index contributed by atoms with van der Waals surface area (Å²) in [5.74, 6) is 0. The molecule has 0 saturated carbocycles. The number of H-pyrrole nitrogens is 1. The largest absolute Gasteiger partial charge is 0.396 e. The Hall–Kier alpha value is -1.38. The van der Waals surface area contributed by atoms with E-state index in [0.29, 0.717) is 5.69 Å². The van der Waals surface area contributed by atoms with Gasteiger partial charge in [0.15, 0.2) is 0 Å². The van der Waals surface area contributed by atoms with Crippen LogP contribution >= 0.6 is 11.3 Å². The summed E-state index contributed by atoms with van der Waals surface area (Å²) in [6, 6.07) is 3.10. The van der Waals surface area contributed by atoms with E-state index < -0.39 is 15.6 Å². The van der Waals surface area contributed by atoms with Gasteiger partial charge in [0.25, 0.3) is 15.6 Å². The number of aromatic nitrogens is 2. The fourth-order valence-electron chi connectivity index (χ4n) is 1.68. The van der Waals surface area contributed by atoms with Crippen LogP contribution in [0.1, 0.15) is 11.3 Å². The molecule has 0 spiro atoms. The molecule has 0 saturated heterocycles. The molecule has 0 aliphatic heterocycles. The lowest BCUT2D eigenvalue weighted by Crippen LogP contribution is -2.16. The van der Waals surface area contributed by atoms with Crippen molar-refractivity contribution >= 4 is 21.4 Å². The molecule has 2 heterocycles. The second-order valence-electron chi connectivity index (χ2n) is 3.68. The number of nitrogens with one attached hydrogen (secondary N) is 1. The third kappa shape index (κ3) is 2.02. The standard InChI is InChI=1S/C10H12N2O4S2/c1-7-8(4-5-13)10(14)11-12(7)18(15,16)9-3-2-6-17-9/h2-3,6,13H,4-5H2,1H3,(H,11,14). The second-order valence-corrected chi connectivity index (χ2v) is 6.64. The Morgan fingerprint density at radius 1 is 1.50 bits per heavy atom. The molecule has 2 N–H and O–H groups in total. The minimum absolute atomic E-state index is 0.133. The third-order valence-corrected chi connectivity index (χ3v) is 5.64. The Balaban J connectivity index is 2.60. The van der Waals surface area contributed by atoms with Crippen molar-refractivity contribution in [1.82, 2.24) is 9.19 Å². The number of nitrogens with zero attached hydrogens (tertiary/aromatic N) is 1. The van der Waals surface area contributed by atoms with Crippen molar-refractivity contribution in [3.8, 4) is 0 Å². The molecule has 0 aliphatic carbocycles. The summed E-state index contributed by atoms with van der Waals surface area (Å²) in [7, 11) is -3.75. The highest BCUT2D eigenvalue weighted by atomic mass is 32.2. The highest BCUT2D eigenvalue weighted by molar-refractivity contribution is 7.91. The van der Waals surface area contributed by atoms with Crippen molar-refractivity contribution in [2.24, 2.45) is 0 Å². The summed E-state index contributed by atoms with van der Waals surface area (Å²) in [6.45, 7) is 1.33. The van der Waals surface area contributed by atoms with Gasteiger partial charge in [0.1, 0.15) is 4.21 Å². The maximum atomic E-state index is 12.2. The third-order valence-electron chi connectivity index (χ3n) is 2.57. The Morgan fingerprint density at radius 2 is 2.22 bits per heavy atom. The van der Waals surface area contributed by atoms with E-state index in [0.717, 1.165) is 15.4 Å². The molecule has 0 bridgehead atoms. The summed E-state index contributed by atoms with van der Waals surface area (Å²) >= 11 is 1.08. The lowest BCUT2D eigenvalue weighted by atomic mass is 10.2. The van der Waals surface area contributed by atoms with Gasteiger partial charge >= 0.3 is 0 Å². The maximum absolute atomic E-state index is 12.2. The first-order valence-electron chi connectivity index (χ1n) is 5.19. The van der Waals surface area contributed by atoms with Gasteiger partial charge in [0.05, 0.1) is 5.69 Å². The summed E-state index contributed by atoms with van der Waals surface area (Å²) < 4.78 is 25.5. The van der Waals surface area contributed by atoms with Gasteiger partial charge in [-0.2, -0.15) is 12.5 Å². The average molecular weight is 288 g/mol. The monoisotopic (exact) mass is 288 g/mol. The van der Waals surface area contributed by atoms with Gasteiger partial charge in [0, 0.05) is 18.6 Å². The molecule has 0 unspecified atom stereocenters. The normalized spacial score (nSPS) is 11.9.